The van der Waals surface area contributed by atoms with Gasteiger partial charge in [0, 0.05) is 12.0 Å². The van der Waals surface area contributed by atoms with Gasteiger partial charge in [0.25, 0.3) is 5.91 Å². The molecule has 0 saturated heterocycles. The molecular formula is C11H14N2O5. The van der Waals surface area contributed by atoms with Gasteiger partial charge >= 0.3 is 5.97 Å². The summed E-state index contributed by atoms with van der Waals surface area (Å²) in [6.45, 7) is 1.29. The van der Waals surface area contributed by atoms with Gasteiger partial charge in [0.05, 0.1) is 6.10 Å². The monoisotopic (exact) mass is 254 g/mol. The number of amides is 1. The van der Waals surface area contributed by atoms with Gasteiger partial charge in [-0.15, -0.1) is 0 Å². The molecule has 0 spiro atoms. The molecule has 0 bridgehead atoms. The van der Waals surface area contributed by atoms with E-state index in [0.717, 1.165) is 12.8 Å². The maximum absolute atomic E-state index is 11.7. The summed E-state index contributed by atoms with van der Waals surface area (Å²) in [5, 5.41) is 23.8. The summed E-state index contributed by atoms with van der Waals surface area (Å²) in [7, 11) is 0. The molecule has 1 fully saturated rings. The van der Waals surface area contributed by atoms with Gasteiger partial charge in [0.2, 0.25) is 0 Å². The van der Waals surface area contributed by atoms with E-state index in [1.165, 1.54) is 13.0 Å². The van der Waals surface area contributed by atoms with Crippen molar-refractivity contribution in [2.45, 2.75) is 37.8 Å². The molecule has 7 heteroatoms. The fourth-order valence-corrected chi connectivity index (χ4v) is 1.56. The third-order valence-electron chi connectivity index (χ3n) is 2.78. The molecule has 2 rings (SSSR count). The van der Waals surface area contributed by atoms with Crippen LogP contribution in [0.5, 0.6) is 0 Å². The Kier molecular flexibility index (Phi) is 3.33. The summed E-state index contributed by atoms with van der Waals surface area (Å²) in [6.07, 6.45) is 0.838. The fraction of sp³-hybridized carbons (Fsp3) is 0.545. The lowest BCUT2D eigenvalue weighted by atomic mass is 10.2. The van der Waals surface area contributed by atoms with Crippen LogP contribution in [0.15, 0.2) is 10.6 Å². The average Bonchev–Trinajstić information content (AvgIpc) is 3.03. The average molecular weight is 254 g/mol. The first kappa shape index (κ1) is 12.6. The molecule has 7 nitrogen and oxygen atoms in total. The van der Waals surface area contributed by atoms with E-state index in [0.29, 0.717) is 11.7 Å². The van der Waals surface area contributed by atoms with E-state index in [1.807, 2.05) is 0 Å². The summed E-state index contributed by atoms with van der Waals surface area (Å²) in [6, 6.07) is 0.145. The van der Waals surface area contributed by atoms with Crippen molar-refractivity contribution in [3.63, 3.8) is 0 Å². The van der Waals surface area contributed by atoms with Crippen LogP contribution in [0.3, 0.4) is 0 Å². The Hall–Kier alpha value is -1.89. The number of aliphatic hydroxyl groups excluding tert-OH is 1. The van der Waals surface area contributed by atoms with Crippen LogP contribution in [0.2, 0.25) is 0 Å². The predicted octanol–water partition coefficient (Wildman–Crippen LogP) is 0.116. The predicted molar refractivity (Wildman–Crippen MR) is 59.0 cm³/mol. The van der Waals surface area contributed by atoms with Crippen LogP contribution in [0.25, 0.3) is 0 Å². The zero-order chi connectivity index (χ0) is 13.3. The van der Waals surface area contributed by atoms with E-state index < -0.39 is 24.0 Å². The summed E-state index contributed by atoms with van der Waals surface area (Å²) in [5.41, 5.74) is 0.0313. The number of carboxylic acid groups (broad SMARTS) is 1. The molecule has 1 aliphatic rings. The Morgan fingerprint density at radius 1 is 1.56 bits per heavy atom. The molecule has 98 valence electrons. The molecule has 18 heavy (non-hydrogen) atoms. The first-order valence-corrected chi connectivity index (χ1v) is 5.67. The van der Waals surface area contributed by atoms with Crippen LogP contribution in [-0.2, 0) is 4.79 Å². The molecule has 1 aliphatic carbocycles. The van der Waals surface area contributed by atoms with Crippen molar-refractivity contribution in [2.75, 3.05) is 0 Å². The number of aromatic nitrogens is 1. The first-order valence-electron chi connectivity index (χ1n) is 5.67. The van der Waals surface area contributed by atoms with E-state index >= 15 is 0 Å². The van der Waals surface area contributed by atoms with Crippen molar-refractivity contribution in [2.24, 2.45) is 0 Å². The first-order chi connectivity index (χ1) is 8.49. The summed E-state index contributed by atoms with van der Waals surface area (Å²) in [4.78, 5) is 22.5. The Bertz CT molecular complexity index is 464. The molecule has 0 aromatic carbocycles. The summed E-state index contributed by atoms with van der Waals surface area (Å²) in [5.74, 6) is -1.00. The number of hydrogen-bond donors (Lipinski definition) is 3. The van der Waals surface area contributed by atoms with Crippen LogP contribution in [0.1, 0.15) is 41.9 Å². The molecule has 1 amide bonds. The van der Waals surface area contributed by atoms with Gasteiger partial charge in [0.15, 0.2) is 11.7 Å². The van der Waals surface area contributed by atoms with Gasteiger partial charge in [-0.2, -0.15) is 0 Å². The van der Waals surface area contributed by atoms with E-state index in [9.17, 15) is 14.7 Å². The number of carbonyl (C=O) groups is 2. The number of aliphatic hydroxyl groups is 1. The van der Waals surface area contributed by atoms with Crippen molar-refractivity contribution >= 4 is 11.9 Å². The van der Waals surface area contributed by atoms with Crippen LogP contribution < -0.4 is 5.32 Å². The number of nitrogens with one attached hydrogen (secondary N) is 1. The lowest BCUT2D eigenvalue weighted by molar-refractivity contribution is -0.141. The van der Waals surface area contributed by atoms with E-state index in [-0.39, 0.29) is 5.69 Å². The second kappa shape index (κ2) is 4.77. The molecule has 1 saturated carbocycles. The second-order valence-electron chi connectivity index (χ2n) is 4.42. The van der Waals surface area contributed by atoms with Crippen molar-refractivity contribution in [3.8, 4) is 0 Å². The summed E-state index contributed by atoms with van der Waals surface area (Å²) < 4.78 is 4.99. The van der Waals surface area contributed by atoms with Crippen molar-refractivity contribution in [1.29, 1.82) is 0 Å². The largest absolute Gasteiger partial charge is 0.480 e. The minimum atomic E-state index is -1.36. The second-order valence-corrected chi connectivity index (χ2v) is 4.42. The quantitative estimate of drug-likeness (QED) is 0.687. The minimum Gasteiger partial charge on any atom is -0.480 e. The molecular weight excluding hydrogens is 240 g/mol. The number of carbonyl (C=O) groups excluding carboxylic acids is 1. The topological polar surface area (TPSA) is 113 Å². The molecule has 1 aromatic heterocycles. The smallest absolute Gasteiger partial charge is 0.328 e. The Morgan fingerprint density at radius 3 is 2.72 bits per heavy atom. The van der Waals surface area contributed by atoms with Crippen LogP contribution in [-0.4, -0.2) is 39.4 Å². The molecule has 0 radical (unpaired) electrons. The molecule has 1 aromatic rings. The van der Waals surface area contributed by atoms with E-state index in [4.69, 9.17) is 9.63 Å². The normalized spacial score (nSPS) is 18.1. The fourth-order valence-electron chi connectivity index (χ4n) is 1.56. The van der Waals surface area contributed by atoms with Gasteiger partial charge < -0.3 is 20.1 Å². The van der Waals surface area contributed by atoms with Crippen LogP contribution in [0.4, 0.5) is 0 Å². The van der Waals surface area contributed by atoms with Crippen molar-refractivity contribution < 1.29 is 24.3 Å². The van der Waals surface area contributed by atoms with Crippen LogP contribution in [0, 0.1) is 0 Å². The minimum absolute atomic E-state index is 0.0313. The third kappa shape index (κ3) is 2.67. The molecule has 2 atom stereocenters. The highest BCUT2D eigenvalue weighted by molar-refractivity contribution is 5.95. The van der Waals surface area contributed by atoms with Crippen molar-refractivity contribution in [1.82, 2.24) is 10.5 Å². The van der Waals surface area contributed by atoms with E-state index in [2.05, 4.69) is 10.5 Å². The van der Waals surface area contributed by atoms with Gasteiger partial charge in [-0.1, -0.05) is 5.16 Å². The standard InChI is InChI=1S/C11H14N2O5/c1-5(14)9(11(16)17)12-10(15)7-4-8(18-13-7)6-2-3-6/h4-6,9,14H,2-3H2,1H3,(H,12,15)(H,16,17). The number of rotatable bonds is 5. The Balaban J connectivity index is 2.03. The number of hydrogen-bond acceptors (Lipinski definition) is 5. The van der Waals surface area contributed by atoms with E-state index in [1.54, 1.807) is 0 Å². The zero-order valence-corrected chi connectivity index (χ0v) is 9.79. The van der Waals surface area contributed by atoms with Gasteiger partial charge in [-0.05, 0) is 19.8 Å². The Morgan fingerprint density at radius 2 is 2.22 bits per heavy atom. The van der Waals surface area contributed by atoms with Gasteiger partial charge in [-0.25, -0.2) is 4.79 Å². The number of aliphatic carboxylic acids is 1. The highest BCUT2D eigenvalue weighted by Gasteiger charge is 2.30. The van der Waals surface area contributed by atoms with Gasteiger partial charge in [-0.3, -0.25) is 4.79 Å². The number of nitrogens with zero attached hydrogens (tertiary/aromatic N) is 1. The third-order valence-corrected chi connectivity index (χ3v) is 2.78. The lowest BCUT2D eigenvalue weighted by Crippen LogP contribution is -2.47. The SMILES string of the molecule is CC(O)C(NC(=O)c1cc(C2CC2)on1)C(=O)O. The Labute approximate surface area is 103 Å². The molecule has 1 heterocycles. The van der Waals surface area contributed by atoms with Gasteiger partial charge in [0.1, 0.15) is 5.76 Å². The summed E-state index contributed by atoms with van der Waals surface area (Å²) >= 11 is 0. The highest BCUT2D eigenvalue weighted by atomic mass is 16.5. The molecule has 0 aliphatic heterocycles. The zero-order valence-electron chi connectivity index (χ0n) is 9.79. The maximum atomic E-state index is 11.7. The lowest BCUT2D eigenvalue weighted by Gasteiger charge is -2.15. The van der Waals surface area contributed by atoms with Crippen LogP contribution >= 0.6 is 0 Å². The maximum Gasteiger partial charge on any atom is 0.328 e. The van der Waals surface area contributed by atoms with Crippen molar-refractivity contribution in [3.05, 3.63) is 17.5 Å². The molecule has 2 unspecified atom stereocenters. The highest BCUT2D eigenvalue weighted by Crippen LogP contribution is 2.40. The number of carboxylic acids is 1. The molecule has 3 N–H and O–H groups in total.